The molecular weight excluding hydrogens is 434 g/mol. The maximum atomic E-state index is 12.2. The first-order chi connectivity index (χ1) is 12.9. The van der Waals surface area contributed by atoms with E-state index in [0.717, 1.165) is 10.2 Å². The molecule has 0 unspecified atom stereocenters. The van der Waals surface area contributed by atoms with Crippen LogP contribution in [0.2, 0.25) is 0 Å². The van der Waals surface area contributed by atoms with E-state index in [-0.39, 0.29) is 18.4 Å². The summed E-state index contributed by atoms with van der Waals surface area (Å²) in [7, 11) is 3.16. The van der Waals surface area contributed by atoms with Crippen molar-refractivity contribution in [3.8, 4) is 0 Å². The molecule has 1 aromatic rings. The molecule has 1 saturated heterocycles. The second-order valence-electron chi connectivity index (χ2n) is 5.96. The van der Waals surface area contributed by atoms with Crippen LogP contribution in [0, 0.1) is 0 Å². The van der Waals surface area contributed by atoms with Crippen LogP contribution in [0.4, 0.5) is 5.69 Å². The summed E-state index contributed by atoms with van der Waals surface area (Å²) in [6.45, 7) is 1.38. The van der Waals surface area contributed by atoms with E-state index in [4.69, 9.17) is 0 Å². The van der Waals surface area contributed by atoms with E-state index < -0.39 is 5.97 Å². The van der Waals surface area contributed by atoms with Gasteiger partial charge in [0.1, 0.15) is 0 Å². The van der Waals surface area contributed by atoms with Crippen LogP contribution in [-0.4, -0.2) is 67.1 Å². The molecule has 0 spiro atoms. The lowest BCUT2D eigenvalue weighted by Gasteiger charge is -2.20. The fraction of sp³-hybridized carbons (Fsp3) is 0.389. The number of rotatable bonds is 8. The summed E-state index contributed by atoms with van der Waals surface area (Å²) in [5.74, 6) is -0.279. The number of para-hydroxylation sites is 1. The number of halogens is 1. The average molecular weight is 456 g/mol. The lowest BCUT2D eigenvalue weighted by atomic mass is 10.3. The van der Waals surface area contributed by atoms with Crippen LogP contribution < -0.4 is 5.32 Å². The quantitative estimate of drug-likeness (QED) is 0.478. The van der Waals surface area contributed by atoms with Crippen molar-refractivity contribution in [2.45, 2.75) is 6.42 Å². The molecule has 1 heterocycles. The predicted octanol–water partition coefficient (Wildman–Crippen LogP) is 2.30. The molecule has 146 valence electrons. The van der Waals surface area contributed by atoms with Crippen molar-refractivity contribution in [3.63, 3.8) is 0 Å². The van der Waals surface area contributed by atoms with Gasteiger partial charge < -0.3 is 15.0 Å². The van der Waals surface area contributed by atoms with Gasteiger partial charge in [0.25, 0.3) is 0 Å². The molecule has 1 aliphatic rings. The van der Waals surface area contributed by atoms with Gasteiger partial charge >= 0.3 is 5.97 Å². The van der Waals surface area contributed by atoms with E-state index in [2.05, 4.69) is 26.0 Å². The standard InChI is InChI=1S/C18H22BrN3O4S/c1-21(11-15(23)20-14-7-4-3-6-13(14)19)8-5-9-22-16(24)12-27-17(22)10-18(25)26-2/h3-4,6-7,10H,5,8-9,11-12H2,1-2H3,(H,20,23)/b17-10-. The van der Waals surface area contributed by atoms with Gasteiger partial charge in [-0.2, -0.15) is 0 Å². The molecule has 7 nitrogen and oxygen atoms in total. The molecule has 9 heteroatoms. The number of carbonyl (C=O) groups excluding carboxylic acids is 3. The van der Waals surface area contributed by atoms with E-state index in [1.165, 1.54) is 24.9 Å². The molecule has 1 aromatic carbocycles. The van der Waals surface area contributed by atoms with Gasteiger partial charge in [-0.05, 0) is 41.5 Å². The predicted molar refractivity (Wildman–Crippen MR) is 109 cm³/mol. The van der Waals surface area contributed by atoms with Gasteiger partial charge in [-0.25, -0.2) is 4.79 Å². The summed E-state index contributed by atoms with van der Waals surface area (Å²) in [6, 6.07) is 7.43. The Morgan fingerprint density at radius 1 is 1.41 bits per heavy atom. The molecule has 1 N–H and O–H groups in total. The molecule has 1 fully saturated rings. The van der Waals surface area contributed by atoms with Gasteiger partial charge in [0, 0.05) is 17.6 Å². The van der Waals surface area contributed by atoms with Crippen LogP contribution in [0.25, 0.3) is 0 Å². The largest absolute Gasteiger partial charge is 0.466 e. The number of esters is 1. The number of nitrogens with zero attached hydrogens (tertiary/aromatic N) is 2. The third-order valence-electron chi connectivity index (χ3n) is 3.84. The topological polar surface area (TPSA) is 79.0 Å². The Morgan fingerprint density at radius 2 is 2.15 bits per heavy atom. The zero-order valence-corrected chi connectivity index (χ0v) is 17.6. The fourth-order valence-electron chi connectivity index (χ4n) is 2.50. The van der Waals surface area contributed by atoms with Gasteiger partial charge in [0.2, 0.25) is 11.8 Å². The normalized spacial score (nSPS) is 15.5. The zero-order valence-electron chi connectivity index (χ0n) is 15.2. The molecule has 2 amide bonds. The van der Waals surface area contributed by atoms with Gasteiger partial charge in [-0.15, -0.1) is 0 Å². The van der Waals surface area contributed by atoms with Crippen LogP contribution in [0.5, 0.6) is 0 Å². The summed E-state index contributed by atoms with van der Waals surface area (Å²) in [6.07, 6.45) is 2.02. The van der Waals surface area contributed by atoms with Gasteiger partial charge in [0.05, 0.1) is 36.2 Å². The first-order valence-electron chi connectivity index (χ1n) is 8.36. The number of carbonyl (C=O) groups is 3. The SMILES string of the molecule is COC(=O)/C=C1\SCC(=O)N1CCCN(C)CC(=O)Nc1ccccc1Br. The minimum absolute atomic E-state index is 0.0236. The Labute approximate surface area is 171 Å². The van der Waals surface area contributed by atoms with Crippen molar-refractivity contribution >= 4 is 51.2 Å². The van der Waals surface area contributed by atoms with Crippen LogP contribution in [0.1, 0.15) is 6.42 Å². The zero-order chi connectivity index (χ0) is 19.8. The average Bonchev–Trinajstić information content (AvgIpc) is 2.96. The maximum Gasteiger partial charge on any atom is 0.333 e. The monoisotopic (exact) mass is 455 g/mol. The summed E-state index contributed by atoms with van der Waals surface area (Å²) in [4.78, 5) is 39.0. The van der Waals surface area contributed by atoms with Crippen molar-refractivity contribution in [1.82, 2.24) is 9.80 Å². The second kappa shape index (κ2) is 10.5. The third-order valence-corrected chi connectivity index (χ3v) is 5.55. The smallest absolute Gasteiger partial charge is 0.333 e. The Hall–Kier alpha value is -1.84. The van der Waals surface area contributed by atoms with Gasteiger partial charge in [0.15, 0.2) is 0 Å². The second-order valence-corrected chi connectivity index (χ2v) is 7.81. The highest BCUT2D eigenvalue weighted by Gasteiger charge is 2.27. The Kier molecular flexibility index (Phi) is 8.33. The summed E-state index contributed by atoms with van der Waals surface area (Å²) in [5.41, 5.74) is 0.730. The number of amides is 2. The van der Waals surface area contributed by atoms with E-state index in [1.807, 2.05) is 36.2 Å². The molecule has 27 heavy (non-hydrogen) atoms. The fourth-order valence-corrected chi connectivity index (χ4v) is 3.84. The van der Waals surface area contributed by atoms with Crippen LogP contribution >= 0.6 is 27.7 Å². The van der Waals surface area contributed by atoms with Crippen molar-refractivity contribution in [1.29, 1.82) is 0 Å². The Balaban J connectivity index is 1.78. The first kappa shape index (κ1) is 21.5. The molecule has 0 radical (unpaired) electrons. The number of hydrogen-bond donors (Lipinski definition) is 1. The van der Waals surface area contributed by atoms with E-state index in [1.54, 1.807) is 4.90 Å². The minimum atomic E-state index is -0.474. The molecule has 0 atom stereocenters. The van der Waals surface area contributed by atoms with Crippen LogP contribution in [0.15, 0.2) is 39.8 Å². The van der Waals surface area contributed by atoms with Crippen LogP contribution in [0.3, 0.4) is 0 Å². The maximum absolute atomic E-state index is 12.2. The lowest BCUT2D eigenvalue weighted by molar-refractivity contribution is -0.135. The van der Waals surface area contributed by atoms with E-state index >= 15 is 0 Å². The number of methoxy groups -OCH3 is 1. The third kappa shape index (κ3) is 6.67. The van der Waals surface area contributed by atoms with E-state index in [9.17, 15) is 14.4 Å². The van der Waals surface area contributed by atoms with Crippen molar-refractivity contribution in [3.05, 3.63) is 39.8 Å². The highest BCUT2D eigenvalue weighted by molar-refractivity contribution is 9.10. The summed E-state index contributed by atoms with van der Waals surface area (Å²) < 4.78 is 5.45. The lowest BCUT2D eigenvalue weighted by Crippen LogP contribution is -2.33. The number of benzene rings is 1. The number of hydrogen-bond acceptors (Lipinski definition) is 6. The van der Waals surface area contributed by atoms with Crippen molar-refractivity contribution < 1.29 is 19.1 Å². The molecule has 2 rings (SSSR count). The number of likely N-dealkylation sites (N-methyl/N-ethyl adjacent to an activating group) is 1. The summed E-state index contributed by atoms with van der Waals surface area (Å²) in [5, 5.41) is 3.47. The molecule has 0 bridgehead atoms. The molecule has 0 saturated carbocycles. The van der Waals surface area contributed by atoms with Crippen LogP contribution in [-0.2, 0) is 19.1 Å². The first-order valence-corrected chi connectivity index (χ1v) is 10.1. The number of thioether (sulfide) groups is 1. The molecule has 0 aliphatic carbocycles. The highest BCUT2D eigenvalue weighted by atomic mass is 79.9. The Bertz CT molecular complexity index is 741. The highest BCUT2D eigenvalue weighted by Crippen LogP contribution is 2.28. The van der Waals surface area contributed by atoms with Crippen molar-refractivity contribution in [2.24, 2.45) is 0 Å². The number of nitrogens with one attached hydrogen (secondary N) is 1. The summed E-state index contributed by atoms with van der Waals surface area (Å²) >= 11 is 4.73. The minimum Gasteiger partial charge on any atom is -0.466 e. The number of anilines is 1. The van der Waals surface area contributed by atoms with Crippen molar-refractivity contribution in [2.75, 3.05) is 44.9 Å². The molecule has 1 aliphatic heterocycles. The molecular formula is C18H22BrN3O4S. The van der Waals surface area contributed by atoms with Gasteiger partial charge in [-0.1, -0.05) is 23.9 Å². The van der Waals surface area contributed by atoms with E-state index in [0.29, 0.717) is 30.3 Å². The van der Waals surface area contributed by atoms with Gasteiger partial charge in [-0.3, -0.25) is 14.5 Å². The Morgan fingerprint density at radius 3 is 2.85 bits per heavy atom. The molecule has 0 aromatic heterocycles. The number of ether oxygens (including phenoxy) is 1.